The van der Waals surface area contributed by atoms with Crippen molar-refractivity contribution >= 4 is 17.5 Å². The number of amides is 2. The maximum Gasteiger partial charge on any atom is 0.259 e. The lowest BCUT2D eigenvalue weighted by Gasteiger charge is -2.44. The Bertz CT molecular complexity index is 939. The highest BCUT2D eigenvalue weighted by molar-refractivity contribution is 6.06. The number of ether oxygens (including phenoxy) is 2. The monoisotopic (exact) mass is 422 g/mol. The van der Waals surface area contributed by atoms with Crippen molar-refractivity contribution in [2.75, 3.05) is 26.1 Å². The number of hydrogen-bond donors (Lipinski definition) is 1. The molecular weight excluding hydrogens is 392 g/mol. The lowest BCUT2D eigenvalue weighted by molar-refractivity contribution is 0.0390. The molecule has 2 amide bonds. The molecule has 2 fully saturated rings. The van der Waals surface area contributed by atoms with E-state index in [-0.39, 0.29) is 11.8 Å². The van der Waals surface area contributed by atoms with Crippen molar-refractivity contribution in [2.45, 2.75) is 44.6 Å². The second-order valence-electron chi connectivity index (χ2n) is 8.35. The van der Waals surface area contributed by atoms with Gasteiger partial charge in [0.05, 0.1) is 19.8 Å². The van der Waals surface area contributed by atoms with Gasteiger partial charge in [0, 0.05) is 29.9 Å². The minimum Gasteiger partial charge on any atom is -0.497 e. The third-order valence-corrected chi connectivity index (χ3v) is 6.55. The third kappa shape index (κ3) is 4.53. The fraction of sp³-hybridized carbons (Fsp3) is 0.440. The first-order valence-electron chi connectivity index (χ1n) is 11.0. The third-order valence-electron chi connectivity index (χ3n) is 6.55. The second-order valence-corrected chi connectivity index (χ2v) is 8.35. The molecule has 2 atom stereocenters. The van der Waals surface area contributed by atoms with Gasteiger partial charge in [0.1, 0.15) is 11.5 Å². The number of piperidine rings is 1. The highest BCUT2D eigenvalue weighted by Crippen LogP contribution is 2.36. The molecule has 1 saturated carbocycles. The van der Waals surface area contributed by atoms with E-state index >= 15 is 0 Å². The number of likely N-dealkylation sites (tertiary alicyclic amines) is 1. The van der Waals surface area contributed by atoms with Crippen LogP contribution in [-0.2, 0) is 0 Å². The van der Waals surface area contributed by atoms with Crippen molar-refractivity contribution in [1.82, 2.24) is 4.90 Å². The van der Waals surface area contributed by atoms with Gasteiger partial charge in [-0.05, 0) is 68.0 Å². The first-order chi connectivity index (χ1) is 15.1. The van der Waals surface area contributed by atoms with Gasteiger partial charge in [0.15, 0.2) is 0 Å². The second kappa shape index (κ2) is 9.41. The number of methoxy groups -OCH3 is 2. The van der Waals surface area contributed by atoms with E-state index in [9.17, 15) is 9.59 Å². The average Bonchev–Trinajstić information content (AvgIpc) is 2.83. The van der Waals surface area contributed by atoms with Crippen molar-refractivity contribution in [2.24, 2.45) is 5.92 Å². The van der Waals surface area contributed by atoms with E-state index in [0.29, 0.717) is 40.3 Å². The summed E-state index contributed by atoms with van der Waals surface area (Å²) < 4.78 is 10.5. The van der Waals surface area contributed by atoms with E-state index in [2.05, 4.69) is 10.2 Å². The molecule has 1 aliphatic carbocycles. The molecule has 1 aliphatic heterocycles. The molecule has 2 aromatic rings. The van der Waals surface area contributed by atoms with Crippen LogP contribution in [0, 0.1) is 5.92 Å². The summed E-state index contributed by atoms with van der Waals surface area (Å²) in [5, 5.41) is 2.88. The zero-order valence-corrected chi connectivity index (χ0v) is 18.2. The van der Waals surface area contributed by atoms with E-state index in [4.69, 9.17) is 9.47 Å². The summed E-state index contributed by atoms with van der Waals surface area (Å²) >= 11 is 0. The highest BCUT2D eigenvalue weighted by atomic mass is 16.5. The van der Waals surface area contributed by atoms with E-state index in [1.807, 2.05) is 0 Å². The molecule has 0 aromatic heterocycles. The van der Waals surface area contributed by atoms with Gasteiger partial charge in [-0.15, -0.1) is 0 Å². The summed E-state index contributed by atoms with van der Waals surface area (Å²) in [7, 11) is 3.08. The molecule has 0 unspecified atom stereocenters. The highest BCUT2D eigenvalue weighted by Gasteiger charge is 2.35. The first kappa shape index (κ1) is 21.2. The number of rotatable bonds is 5. The summed E-state index contributed by atoms with van der Waals surface area (Å²) in [5.74, 6) is 1.54. The largest absolute Gasteiger partial charge is 0.497 e. The lowest BCUT2D eigenvalue weighted by atomic mass is 9.78. The van der Waals surface area contributed by atoms with Crippen LogP contribution in [0.1, 0.15) is 59.2 Å². The maximum absolute atomic E-state index is 13.2. The fourth-order valence-corrected chi connectivity index (χ4v) is 4.92. The van der Waals surface area contributed by atoms with Crippen molar-refractivity contribution in [3.63, 3.8) is 0 Å². The lowest BCUT2D eigenvalue weighted by Crippen LogP contribution is -2.49. The van der Waals surface area contributed by atoms with E-state index in [1.165, 1.54) is 32.8 Å². The molecule has 0 radical (unpaired) electrons. The van der Waals surface area contributed by atoms with Gasteiger partial charge in [-0.1, -0.05) is 12.8 Å². The van der Waals surface area contributed by atoms with Crippen LogP contribution < -0.4 is 14.8 Å². The number of nitrogens with one attached hydrogen (secondary N) is 1. The van der Waals surface area contributed by atoms with Crippen LogP contribution in [0.3, 0.4) is 0 Å². The predicted octanol–water partition coefficient (Wildman–Crippen LogP) is 4.75. The minimum absolute atomic E-state index is 0.103. The molecule has 6 nitrogen and oxygen atoms in total. The van der Waals surface area contributed by atoms with Crippen LogP contribution in [0.5, 0.6) is 11.5 Å². The number of hydrogen-bond acceptors (Lipinski definition) is 4. The van der Waals surface area contributed by atoms with Crippen LogP contribution in [-0.4, -0.2) is 43.5 Å². The summed E-state index contributed by atoms with van der Waals surface area (Å²) in [5.41, 5.74) is 1.72. The molecule has 2 aromatic carbocycles. The Labute approximate surface area is 183 Å². The number of nitrogens with zero attached hydrogens (tertiary/aromatic N) is 1. The molecular formula is C25H30N2O4. The predicted molar refractivity (Wildman–Crippen MR) is 120 cm³/mol. The molecule has 1 N–H and O–H groups in total. The molecule has 0 spiro atoms. The summed E-state index contributed by atoms with van der Waals surface area (Å²) in [6.45, 7) is 0.843. The summed E-state index contributed by atoms with van der Waals surface area (Å²) in [6.07, 6.45) is 7.20. The molecule has 4 rings (SSSR count). The fourth-order valence-electron chi connectivity index (χ4n) is 4.92. The maximum atomic E-state index is 13.2. The Balaban J connectivity index is 1.44. The topological polar surface area (TPSA) is 67.9 Å². The van der Waals surface area contributed by atoms with E-state index in [0.717, 1.165) is 19.4 Å². The van der Waals surface area contributed by atoms with Crippen molar-refractivity contribution in [3.8, 4) is 11.5 Å². The van der Waals surface area contributed by atoms with Gasteiger partial charge >= 0.3 is 0 Å². The van der Waals surface area contributed by atoms with Crippen LogP contribution >= 0.6 is 0 Å². The molecule has 2 aliphatic rings. The standard InChI is InChI=1S/C25H30N2O4/c1-30-20-13-14-21(23(16-20)31-2)24(28)26-19-11-9-18(10-12-19)25(29)27-15-5-7-17-6-3-4-8-22(17)27/h9-14,16-17,22H,3-8,15H2,1-2H3,(H,26,28)/t17-,22+/m1/s1. The SMILES string of the molecule is COc1ccc(C(=O)Nc2ccc(C(=O)N3CCC[C@H]4CCCC[C@@H]43)cc2)c(OC)c1. The number of fused-ring (bicyclic) bond motifs is 1. The van der Waals surface area contributed by atoms with Crippen LogP contribution in [0.25, 0.3) is 0 Å². The number of anilines is 1. The minimum atomic E-state index is -0.278. The van der Waals surface area contributed by atoms with E-state index in [1.54, 1.807) is 49.6 Å². The molecule has 6 heteroatoms. The number of benzene rings is 2. The number of carbonyl (C=O) groups is 2. The first-order valence-corrected chi connectivity index (χ1v) is 11.0. The van der Waals surface area contributed by atoms with Gasteiger partial charge < -0.3 is 19.7 Å². The van der Waals surface area contributed by atoms with Gasteiger partial charge in [0.2, 0.25) is 0 Å². The van der Waals surface area contributed by atoms with Gasteiger partial charge in [-0.2, -0.15) is 0 Å². The number of carbonyl (C=O) groups excluding carboxylic acids is 2. The van der Waals surface area contributed by atoms with Crippen LogP contribution in [0.4, 0.5) is 5.69 Å². The van der Waals surface area contributed by atoms with Gasteiger partial charge in [-0.3, -0.25) is 9.59 Å². The van der Waals surface area contributed by atoms with Crippen molar-refractivity contribution in [3.05, 3.63) is 53.6 Å². The Morgan fingerprint density at radius 2 is 1.68 bits per heavy atom. The summed E-state index contributed by atoms with van der Waals surface area (Å²) in [6, 6.07) is 12.6. The zero-order chi connectivity index (χ0) is 21.8. The van der Waals surface area contributed by atoms with Gasteiger partial charge in [-0.25, -0.2) is 0 Å². The zero-order valence-electron chi connectivity index (χ0n) is 18.2. The summed E-state index contributed by atoms with van der Waals surface area (Å²) in [4.78, 5) is 28.0. The van der Waals surface area contributed by atoms with Gasteiger partial charge in [0.25, 0.3) is 11.8 Å². The molecule has 1 heterocycles. The Morgan fingerprint density at radius 1 is 0.935 bits per heavy atom. The molecule has 0 bridgehead atoms. The van der Waals surface area contributed by atoms with Crippen LogP contribution in [0.2, 0.25) is 0 Å². The van der Waals surface area contributed by atoms with E-state index < -0.39 is 0 Å². The molecule has 1 saturated heterocycles. The van der Waals surface area contributed by atoms with Crippen molar-refractivity contribution in [1.29, 1.82) is 0 Å². The normalized spacial score (nSPS) is 20.5. The van der Waals surface area contributed by atoms with Crippen LogP contribution in [0.15, 0.2) is 42.5 Å². The molecule has 164 valence electrons. The van der Waals surface area contributed by atoms with Crippen molar-refractivity contribution < 1.29 is 19.1 Å². The quantitative estimate of drug-likeness (QED) is 0.755. The Morgan fingerprint density at radius 3 is 2.42 bits per heavy atom. The Hall–Kier alpha value is -3.02. The molecule has 31 heavy (non-hydrogen) atoms. The smallest absolute Gasteiger partial charge is 0.259 e. The Kier molecular flexibility index (Phi) is 6.44. The average molecular weight is 423 g/mol.